The maximum Gasteiger partial charge on any atom is 0.264 e. The van der Waals surface area contributed by atoms with E-state index < -0.39 is 10.0 Å². The minimum absolute atomic E-state index is 0.227. The second-order valence-electron chi connectivity index (χ2n) is 5.08. The fraction of sp³-hybridized carbons (Fsp3) is 0.0588. The number of nitrogens with zero attached hydrogens (tertiary/aromatic N) is 1. The number of hydrogen-bond donors (Lipinski definition) is 0. The van der Waals surface area contributed by atoms with E-state index in [9.17, 15) is 8.42 Å². The fourth-order valence-electron chi connectivity index (χ4n) is 2.31. The molecule has 3 rings (SSSR count). The van der Waals surface area contributed by atoms with E-state index >= 15 is 0 Å². The van der Waals surface area contributed by atoms with Crippen molar-refractivity contribution in [3.8, 4) is 0 Å². The van der Waals surface area contributed by atoms with E-state index in [-0.39, 0.29) is 4.90 Å². The van der Waals surface area contributed by atoms with Crippen LogP contribution in [-0.4, -0.2) is 15.5 Å². The standard InChI is InChI=1S/C17H13Cl2NO2S/c1-20(14-7-9-16(18)17(19)11-14)23(21,22)15-8-6-12-4-2-3-5-13(12)10-15/h2-11H,1H3. The first kappa shape index (κ1) is 16.1. The van der Waals surface area contributed by atoms with Crippen LogP contribution in [0.3, 0.4) is 0 Å². The molecule has 6 heteroatoms. The maximum absolute atomic E-state index is 12.8. The van der Waals surface area contributed by atoms with Crippen LogP contribution in [0.1, 0.15) is 0 Å². The van der Waals surface area contributed by atoms with E-state index in [0.717, 1.165) is 10.8 Å². The van der Waals surface area contributed by atoms with Crippen LogP contribution in [0.25, 0.3) is 10.8 Å². The molecule has 3 aromatic rings. The minimum atomic E-state index is -3.68. The summed E-state index contributed by atoms with van der Waals surface area (Å²) < 4.78 is 26.8. The zero-order chi connectivity index (χ0) is 16.6. The first-order valence-corrected chi connectivity index (χ1v) is 9.02. The van der Waals surface area contributed by atoms with E-state index in [4.69, 9.17) is 23.2 Å². The molecule has 0 aromatic heterocycles. The summed E-state index contributed by atoms with van der Waals surface area (Å²) >= 11 is 11.9. The molecule has 0 spiro atoms. The van der Waals surface area contributed by atoms with Crippen molar-refractivity contribution in [2.75, 3.05) is 11.4 Å². The fourth-order valence-corrected chi connectivity index (χ4v) is 3.82. The molecular formula is C17H13Cl2NO2S. The summed E-state index contributed by atoms with van der Waals surface area (Å²) in [7, 11) is -2.19. The largest absolute Gasteiger partial charge is 0.269 e. The molecule has 0 heterocycles. The van der Waals surface area contributed by atoms with Gasteiger partial charge in [-0.25, -0.2) is 8.42 Å². The van der Waals surface area contributed by atoms with Crippen LogP contribution >= 0.6 is 23.2 Å². The number of fused-ring (bicyclic) bond motifs is 1. The third kappa shape index (κ3) is 3.02. The summed E-state index contributed by atoms with van der Waals surface area (Å²) in [5.41, 5.74) is 0.451. The molecule has 118 valence electrons. The third-order valence-electron chi connectivity index (χ3n) is 3.65. The number of halogens is 2. The molecule has 0 unspecified atom stereocenters. The average molecular weight is 366 g/mol. The molecule has 0 aliphatic heterocycles. The summed E-state index contributed by atoms with van der Waals surface area (Å²) in [5.74, 6) is 0. The van der Waals surface area contributed by atoms with Gasteiger partial charge in [-0.2, -0.15) is 0 Å². The molecule has 0 bridgehead atoms. The zero-order valence-corrected chi connectivity index (χ0v) is 14.5. The molecular weight excluding hydrogens is 353 g/mol. The molecule has 0 saturated heterocycles. The summed E-state index contributed by atoms with van der Waals surface area (Å²) in [6, 6.07) is 17.4. The maximum atomic E-state index is 12.8. The Kier molecular flexibility index (Phi) is 4.23. The van der Waals surface area contributed by atoms with Crippen molar-refractivity contribution < 1.29 is 8.42 Å². The lowest BCUT2D eigenvalue weighted by Gasteiger charge is -2.20. The van der Waals surface area contributed by atoms with Gasteiger partial charge in [0.15, 0.2) is 0 Å². The molecule has 0 aliphatic rings. The van der Waals surface area contributed by atoms with Crippen LogP contribution in [-0.2, 0) is 10.0 Å². The lowest BCUT2D eigenvalue weighted by Crippen LogP contribution is -2.26. The number of sulfonamides is 1. The normalized spacial score (nSPS) is 11.6. The van der Waals surface area contributed by atoms with Gasteiger partial charge in [0.25, 0.3) is 10.0 Å². The highest BCUT2D eigenvalue weighted by atomic mass is 35.5. The molecule has 0 atom stereocenters. The first-order chi connectivity index (χ1) is 10.9. The molecule has 0 N–H and O–H groups in total. The Morgan fingerprint density at radius 2 is 1.52 bits per heavy atom. The van der Waals surface area contributed by atoms with E-state index in [1.165, 1.54) is 17.4 Å². The SMILES string of the molecule is CN(c1ccc(Cl)c(Cl)c1)S(=O)(=O)c1ccc2ccccc2c1. The van der Waals surface area contributed by atoms with Gasteiger partial charge >= 0.3 is 0 Å². The van der Waals surface area contributed by atoms with Crippen molar-refractivity contribution in [2.24, 2.45) is 0 Å². The van der Waals surface area contributed by atoms with Crippen molar-refractivity contribution in [3.05, 3.63) is 70.7 Å². The number of rotatable bonds is 3. The Morgan fingerprint density at radius 3 is 2.22 bits per heavy atom. The molecule has 0 fully saturated rings. The predicted molar refractivity (Wildman–Crippen MR) is 96.0 cm³/mol. The van der Waals surface area contributed by atoms with Gasteiger partial charge in [-0.1, -0.05) is 53.5 Å². The van der Waals surface area contributed by atoms with Gasteiger partial charge in [-0.15, -0.1) is 0 Å². The average Bonchev–Trinajstić information content (AvgIpc) is 2.56. The molecule has 0 aliphatic carbocycles. The molecule has 0 radical (unpaired) electrons. The topological polar surface area (TPSA) is 37.4 Å². The molecule has 0 saturated carbocycles. The Labute approximate surface area is 145 Å². The second-order valence-corrected chi connectivity index (χ2v) is 7.86. The molecule has 23 heavy (non-hydrogen) atoms. The highest BCUT2D eigenvalue weighted by Gasteiger charge is 2.22. The summed E-state index contributed by atoms with van der Waals surface area (Å²) in [6.07, 6.45) is 0. The second kappa shape index (κ2) is 6.04. The molecule has 0 amide bonds. The van der Waals surface area contributed by atoms with Crippen LogP contribution in [0.5, 0.6) is 0 Å². The van der Waals surface area contributed by atoms with Gasteiger partial charge in [0.2, 0.25) is 0 Å². The Balaban J connectivity index is 2.06. The first-order valence-electron chi connectivity index (χ1n) is 6.82. The van der Waals surface area contributed by atoms with Crippen molar-refractivity contribution in [2.45, 2.75) is 4.90 Å². The summed E-state index contributed by atoms with van der Waals surface area (Å²) in [6.45, 7) is 0. The van der Waals surface area contributed by atoms with Gasteiger partial charge in [-0.3, -0.25) is 4.31 Å². The quantitative estimate of drug-likeness (QED) is 0.656. The summed E-state index contributed by atoms with van der Waals surface area (Å²) in [5, 5.41) is 2.55. The molecule has 3 nitrogen and oxygen atoms in total. The van der Waals surface area contributed by atoms with Crippen molar-refractivity contribution in [3.63, 3.8) is 0 Å². The zero-order valence-electron chi connectivity index (χ0n) is 12.2. The van der Waals surface area contributed by atoms with Crippen LogP contribution in [0.2, 0.25) is 10.0 Å². The molecule has 3 aromatic carbocycles. The number of anilines is 1. The highest BCUT2D eigenvalue weighted by molar-refractivity contribution is 7.92. The van der Waals surface area contributed by atoms with Gasteiger partial charge in [0.05, 0.1) is 20.6 Å². The monoisotopic (exact) mass is 365 g/mol. The Hall–Kier alpha value is -1.75. The number of hydrogen-bond acceptors (Lipinski definition) is 2. The van der Waals surface area contributed by atoms with Gasteiger partial charge in [-0.05, 0) is 41.1 Å². The lowest BCUT2D eigenvalue weighted by atomic mass is 10.1. The van der Waals surface area contributed by atoms with Gasteiger partial charge in [0, 0.05) is 7.05 Å². The highest BCUT2D eigenvalue weighted by Crippen LogP contribution is 2.30. The van der Waals surface area contributed by atoms with Gasteiger partial charge < -0.3 is 0 Å². The predicted octanol–water partition coefficient (Wildman–Crippen LogP) is 4.97. The van der Waals surface area contributed by atoms with E-state index in [1.807, 2.05) is 24.3 Å². The third-order valence-corrected chi connectivity index (χ3v) is 6.17. The van der Waals surface area contributed by atoms with Crippen molar-refractivity contribution >= 4 is 49.7 Å². The Morgan fingerprint density at radius 1 is 0.826 bits per heavy atom. The smallest absolute Gasteiger partial charge is 0.264 e. The van der Waals surface area contributed by atoms with Crippen molar-refractivity contribution in [1.82, 2.24) is 0 Å². The summed E-state index contributed by atoms with van der Waals surface area (Å²) in [4.78, 5) is 0.227. The lowest BCUT2D eigenvalue weighted by molar-refractivity contribution is 0.594. The van der Waals surface area contributed by atoms with Crippen LogP contribution in [0.15, 0.2) is 65.6 Å². The van der Waals surface area contributed by atoms with Gasteiger partial charge in [0.1, 0.15) is 0 Å². The van der Waals surface area contributed by atoms with Crippen molar-refractivity contribution in [1.29, 1.82) is 0 Å². The van der Waals surface area contributed by atoms with Crippen LogP contribution < -0.4 is 4.31 Å². The van der Waals surface area contributed by atoms with Crippen LogP contribution in [0, 0.1) is 0 Å². The van der Waals surface area contributed by atoms with E-state index in [2.05, 4.69) is 0 Å². The van der Waals surface area contributed by atoms with E-state index in [0.29, 0.717) is 15.7 Å². The Bertz CT molecular complexity index is 987. The minimum Gasteiger partial charge on any atom is -0.269 e. The number of benzene rings is 3. The van der Waals surface area contributed by atoms with E-state index in [1.54, 1.807) is 30.3 Å². The van der Waals surface area contributed by atoms with Crippen LogP contribution in [0.4, 0.5) is 5.69 Å².